The van der Waals surface area contributed by atoms with E-state index in [2.05, 4.69) is 5.32 Å². The van der Waals surface area contributed by atoms with E-state index in [4.69, 9.17) is 4.42 Å². The highest BCUT2D eigenvalue weighted by Gasteiger charge is 2.35. The zero-order valence-electron chi connectivity index (χ0n) is 14.2. The second-order valence-corrected chi connectivity index (χ2v) is 7.34. The molecule has 1 aromatic rings. The van der Waals surface area contributed by atoms with Crippen molar-refractivity contribution in [2.45, 2.75) is 31.1 Å². The fourth-order valence-corrected chi connectivity index (χ4v) is 3.20. The van der Waals surface area contributed by atoms with Crippen LogP contribution in [0, 0.1) is 0 Å². The van der Waals surface area contributed by atoms with Gasteiger partial charge in [0.1, 0.15) is 11.5 Å². The molecule has 136 valence electrons. The van der Waals surface area contributed by atoms with E-state index < -0.39 is 5.92 Å². The normalized spacial score (nSPS) is 17.3. The van der Waals surface area contributed by atoms with Crippen LogP contribution in [0.3, 0.4) is 0 Å². The number of furan rings is 1. The molecule has 2 heterocycles. The maximum Gasteiger partial charge on any atom is 0.317 e. The maximum absolute atomic E-state index is 13.1. The molecule has 1 saturated heterocycles. The molecule has 5 nitrogen and oxygen atoms in total. The second-order valence-electron chi connectivity index (χ2n) is 6.23. The molecule has 0 aromatic carbocycles. The Morgan fingerprint density at radius 1 is 1.33 bits per heavy atom. The Hall–Kier alpha value is -1.28. The molecule has 0 aliphatic carbocycles. The number of amides is 2. The Bertz CT molecular complexity index is 527. The lowest BCUT2D eigenvalue weighted by atomic mass is 10.1. The van der Waals surface area contributed by atoms with E-state index in [1.165, 1.54) is 4.90 Å². The average molecular weight is 361 g/mol. The number of hydrogen-bond donors (Lipinski definition) is 1. The number of piperidine rings is 1. The van der Waals surface area contributed by atoms with Gasteiger partial charge in [-0.2, -0.15) is 11.8 Å². The molecule has 0 spiro atoms. The van der Waals surface area contributed by atoms with E-state index in [9.17, 15) is 13.6 Å². The molecule has 24 heavy (non-hydrogen) atoms. The number of thioether (sulfide) groups is 1. The Labute approximate surface area is 145 Å². The molecule has 1 N–H and O–H groups in total. The van der Waals surface area contributed by atoms with Crippen molar-refractivity contribution in [1.29, 1.82) is 0 Å². The molecule has 0 bridgehead atoms. The Kier molecular flexibility index (Phi) is 6.91. The van der Waals surface area contributed by atoms with Gasteiger partial charge in [-0.15, -0.1) is 0 Å². The van der Waals surface area contributed by atoms with Crippen LogP contribution >= 0.6 is 11.8 Å². The molecule has 0 radical (unpaired) electrons. The third kappa shape index (κ3) is 6.32. The predicted molar refractivity (Wildman–Crippen MR) is 91.4 cm³/mol. The topological polar surface area (TPSA) is 48.7 Å². The molecule has 0 unspecified atom stereocenters. The minimum atomic E-state index is -2.62. The monoisotopic (exact) mass is 361 g/mol. The second kappa shape index (κ2) is 8.71. The number of carbonyl (C=O) groups is 1. The van der Waals surface area contributed by atoms with Crippen molar-refractivity contribution in [3.63, 3.8) is 0 Å². The summed E-state index contributed by atoms with van der Waals surface area (Å²) in [5, 5.41) is 2.78. The van der Waals surface area contributed by atoms with Crippen LogP contribution in [0.1, 0.15) is 24.4 Å². The Morgan fingerprint density at radius 3 is 2.67 bits per heavy atom. The van der Waals surface area contributed by atoms with Gasteiger partial charge in [0.15, 0.2) is 0 Å². The SMILES string of the molecule is CN(C)Cc1ccc(CSCCNC(=O)N2CCC(F)(F)CC2)o1. The molecule has 1 aromatic heterocycles. The van der Waals surface area contributed by atoms with Crippen LogP contribution in [0.2, 0.25) is 0 Å². The van der Waals surface area contributed by atoms with Gasteiger partial charge in [-0.05, 0) is 26.2 Å². The van der Waals surface area contributed by atoms with Crippen molar-refractivity contribution < 1.29 is 18.0 Å². The van der Waals surface area contributed by atoms with E-state index in [1.807, 2.05) is 31.1 Å². The Morgan fingerprint density at radius 2 is 2.00 bits per heavy atom. The molecular weight excluding hydrogens is 336 g/mol. The van der Waals surface area contributed by atoms with E-state index >= 15 is 0 Å². The number of nitrogens with one attached hydrogen (secondary N) is 1. The number of likely N-dealkylation sites (tertiary alicyclic amines) is 1. The largest absolute Gasteiger partial charge is 0.464 e. The van der Waals surface area contributed by atoms with Gasteiger partial charge in [-0.25, -0.2) is 13.6 Å². The van der Waals surface area contributed by atoms with Crippen LogP contribution in [-0.4, -0.2) is 61.2 Å². The maximum atomic E-state index is 13.1. The number of nitrogens with zero attached hydrogens (tertiary/aromatic N) is 2. The van der Waals surface area contributed by atoms with Gasteiger partial charge in [0.05, 0.1) is 12.3 Å². The number of carbonyl (C=O) groups excluding carboxylic acids is 1. The average Bonchev–Trinajstić information content (AvgIpc) is 2.93. The van der Waals surface area contributed by atoms with Gasteiger partial charge in [0.2, 0.25) is 0 Å². The zero-order valence-corrected chi connectivity index (χ0v) is 15.0. The van der Waals surface area contributed by atoms with Gasteiger partial charge in [0.25, 0.3) is 5.92 Å². The van der Waals surface area contributed by atoms with Crippen LogP contribution in [0.25, 0.3) is 0 Å². The molecule has 1 aliphatic heterocycles. The minimum absolute atomic E-state index is 0.118. The molecule has 2 rings (SSSR count). The fraction of sp³-hybridized carbons (Fsp3) is 0.688. The summed E-state index contributed by atoms with van der Waals surface area (Å²) in [6, 6.07) is 3.69. The van der Waals surface area contributed by atoms with Gasteiger partial charge in [-0.3, -0.25) is 0 Å². The van der Waals surface area contributed by atoms with Crippen molar-refractivity contribution in [1.82, 2.24) is 15.1 Å². The summed E-state index contributed by atoms with van der Waals surface area (Å²) < 4.78 is 31.8. The number of halogens is 2. The van der Waals surface area contributed by atoms with Crippen LogP contribution in [-0.2, 0) is 12.3 Å². The van der Waals surface area contributed by atoms with Gasteiger partial charge in [-0.1, -0.05) is 0 Å². The summed E-state index contributed by atoms with van der Waals surface area (Å²) in [5.74, 6) is 0.729. The molecule has 0 saturated carbocycles. The highest BCUT2D eigenvalue weighted by atomic mass is 32.2. The number of urea groups is 1. The highest BCUT2D eigenvalue weighted by molar-refractivity contribution is 7.98. The van der Waals surface area contributed by atoms with Gasteiger partial charge >= 0.3 is 6.03 Å². The van der Waals surface area contributed by atoms with E-state index in [1.54, 1.807) is 11.8 Å². The van der Waals surface area contributed by atoms with Crippen LogP contribution in [0.15, 0.2) is 16.5 Å². The molecule has 1 aliphatic rings. The summed E-state index contributed by atoms with van der Waals surface area (Å²) in [7, 11) is 3.98. The Balaban J connectivity index is 1.58. The number of alkyl halides is 2. The van der Waals surface area contributed by atoms with Crippen molar-refractivity contribution in [3.8, 4) is 0 Å². The first-order valence-electron chi connectivity index (χ1n) is 8.06. The van der Waals surface area contributed by atoms with Gasteiger partial charge in [0, 0.05) is 38.2 Å². The van der Waals surface area contributed by atoms with Crippen molar-refractivity contribution >= 4 is 17.8 Å². The molecule has 8 heteroatoms. The highest BCUT2D eigenvalue weighted by Crippen LogP contribution is 2.27. The molecule has 0 atom stereocenters. The standard InChI is InChI=1S/C16H25F2N3O2S/c1-20(2)11-13-3-4-14(23-13)12-24-10-7-19-15(22)21-8-5-16(17,18)6-9-21/h3-4H,5-12H2,1-2H3,(H,19,22). The third-order valence-corrected chi connectivity index (χ3v) is 4.72. The lowest BCUT2D eigenvalue weighted by Crippen LogP contribution is -2.47. The smallest absolute Gasteiger partial charge is 0.317 e. The first kappa shape index (κ1) is 19.1. The van der Waals surface area contributed by atoms with Crippen molar-refractivity contribution in [2.24, 2.45) is 0 Å². The van der Waals surface area contributed by atoms with Gasteiger partial charge < -0.3 is 19.5 Å². The lowest BCUT2D eigenvalue weighted by Gasteiger charge is -2.31. The first-order chi connectivity index (χ1) is 11.4. The summed E-state index contributed by atoms with van der Waals surface area (Å²) in [6.45, 7) is 1.53. The quantitative estimate of drug-likeness (QED) is 0.759. The third-order valence-electron chi connectivity index (χ3n) is 3.74. The van der Waals surface area contributed by atoms with Crippen LogP contribution < -0.4 is 5.32 Å². The number of rotatable bonds is 7. The fourth-order valence-electron chi connectivity index (χ4n) is 2.45. The van der Waals surface area contributed by atoms with Crippen molar-refractivity contribution in [3.05, 3.63) is 23.7 Å². The molecular formula is C16H25F2N3O2S. The first-order valence-corrected chi connectivity index (χ1v) is 9.22. The van der Waals surface area contributed by atoms with E-state index in [-0.39, 0.29) is 32.0 Å². The van der Waals surface area contributed by atoms with Crippen LogP contribution in [0.4, 0.5) is 13.6 Å². The van der Waals surface area contributed by atoms with Crippen molar-refractivity contribution in [2.75, 3.05) is 39.5 Å². The summed E-state index contributed by atoms with van der Waals surface area (Å²) >= 11 is 1.67. The van der Waals surface area contributed by atoms with Crippen LogP contribution in [0.5, 0.6) is 0 Å². The van der Waals surface area contributed by atoms with E-state index in [0.29, 0.717) is 6.54 Å². The lowest BCUT2D eigenvalue weighted by molar-refractivity contribution is -0.0469. The summed E-state index contributed by atoms with van der Waals surface area (Å²) in [4.78, 5) is 15.4. The predicted octanol–water partition coefficient (Wildman–Crippen LogP) is 3.02. The summed E-state index contributed by atoms with van der Waals surface area (Å²) in [5.41, 5.74) is 0. The molecule has 2 amide bonds. The summed E-state index contributed by atoms with van der Waals surface area (Å²) in [6.07, 6.45) is -0.494. The zero-order chi connectivity index (χ0) is 17.6. The minimum Gasteiger partial charge on any atom is -0.464 e. The van der Waals surface area contributed by atoms with E-state index in [0.717, 1.165) is 29.6 Å². The molecule has 1 fully saturated rings. The number of hydrogen-bond acceptors (Lipinski definition) is 4.